The minimum absolute atomic E-state index is 0.138. The van der Waals surface area contributed by atoms with E-state index in [0.29, 0.717) is 28.7 Å². The fourth-order valence-electron chi connectivity index (χ4n) is 3.07. The van der Waals surface area contributed by atoms with E-state index in [2.05, 4.69) is 25.5 Å². The summed E-state index contributed by atoms with van der Waals surface area (Å²) in [6.07, 6.45) is 3.21. The van der Waals surface area contributed by atoms with Crippen LogP contribution in [0.1, 0.15) is 35.8 Å². The van der Waals surface area contributed by atoms with E-state index in [1.165, 1.54) is 12.1 Å². The van der Waals surface area contributed by atoms with Gasteiger partial charge in [-0.25, -0.2) is 14.4 Å². The van der Waals surface area contributed by atoms with Gasteiger partial charge in [0, 0.05) is 18.3 Å². The number of benzene rings is 1. The lowest BCUT2D eigenvalue weighted by Crippen LogP contribution is -2.15. The summed E-state index contributed by atoms with van der Waals surface area (Å²) in [5.74, 6) is 0.202. The van der Waals surface area contributed by atoms with Gasteiger partial charge in [0.1, 0.15) is 29.4 Å². The van der Waals surface area contributed by atoms with Gasteiger partial charge in [0.15, 0.2) is 5.82 Å². The maximum Gasteiger partial charge on any atom is 0.259 e. The van der Waals surface area contributed by atoms with Crippen LogP contribution in [0.15, 0.2) is 61.1 Å². The Morgan fingerprint density at radius 1 is 1.16 bits per heavy atom. The minimum Gasteiger partial charge on any atom is -0.439 e. The highest BCUT2D eigenvalue weighted by Crippen LogP contribution is 2.27. The standard InChI is InChI=1S/C23H21FN6O2/c1-14(2)30-13-26-29-22(30)18-7-6-8-20(27-18)28-23(31)16-12-19(15(3)11-17(16)24)32-21-9-4-5-10-25-21/h4-14H,1-3H3,(H,27,28,31). The summed E-state index contributed by atoms with van der Waals surface area (Å²) in [5.41, 5.74) is 0.912. The fraction of sp³-hybridized carbons (Fsp3) is 0.174. The molecular formula is C23H21FN6O2. The summed E-state index contributed by atoms with van der Waals surface area (Å²) in [7, 11) is 0. The molecule has 1 aromatic carbocycles. The Morgan fingerprint density at radius 3 is 2.75 bits per heavy atom. The molecule has 9 heteroatoms. The molecule has 0 saturated carbocycles. The Bertz CT molecular complexity index is 1260. The molecule has 0 bridgehead atoms. The quantitative estimate of drug-likeness (QED) is 0.470. The van der Waals surface area contributed by atoms with Crippen LogP contribution in [-0.2, 0) is 0 Å². The van der Waals surface area contributed by atoms with E-state index < -0.39 is 11.7 Å². The monoisotopic (exact) mass is 432 g/mol. The summed E-state index contributed by atoms with van der Waals surface area (Å²) in [5, 5.41) is 10.7. The van der Waals surface area contributed by atoms with E-state index in [0.717, 1.165) is 0 Å². The molecule has 0 aliphatic carbocycles. The van der Waals surface area contributed by atoms with Crippen molar-refractivity contribution in [1.82, 2.24) is 24.7 Å². The zero-order valence-electron chi connectivity index (χ0n) is 17.8. The second kappa shape index (κ2) is 8.93. The van der Waals surface area contributed by atoms with Crippen LogP contribution in [0.25, 0.3) is 11.5 Å². The van der Waals surface area contributed by atoms with Crippen molar-refractivity contribution in [3.8, 4) is 23.1 Å². The lowest BCUT2D eigenvalue weighted by Gasteiger charge is -2.12. The van der Waals surface area contributed by atoms with Crippen LogP contribution < -0.4 is 10.1 Å². The summed E-state index contributed by atoms with van der Waals surface area (Å²) in [4.78, 5) is 21.4. The van der Waals surface area contributed by atoms with Crippen LogP contribution >= 0.6 is 0 Å². The molecule has 0 spiro atoms. The molecule has 4 rings (SSSR count). The van der Waals surface area contributed by atoms with Crippen molar-refractivity contribution >= 4 is 11.7 Å². The van der Waals surface area contributed by atoms with Crippen molar-refractivity contribution in [3.05, 3.63) is 78.0 Å². The number of hydrogen-bond donors (Lipinski definition) is 1. The molecule has 4 aromatic rings. The lowest BCUT2D eigenvalue weighted by molar-refractivity contribution is 0.102. The second-order valence-corrected chi connectivity index (χ2v) is 7.39. The van der Waals surface area contributed by atoms with Crippen molar-refractivity contribution in [2.24, 2.45) is 0 Å². The highest BCUT2D eigenvalue weighted by Gasteiger charge is 2.18. The second-order valence-electron chi connectivity index (χ2n) is 7.39. The fourth-order valence-corrected chi connectivity index (χ4v) is 3.07. The number of aromatic nitrogens is 5. The number of nitrogens with one attached hydrogen (secondary N) is 1. The molecule has 3 aromatic heterocycles. The number of rotatable bonds is 6. The molecule has 1 amide bonds. The maximum absolute atomic E-state index is 14.6. The van der Waals surface area contributed by atoms with Crippen LogP contribution in [0.5, 0.6) is 11.6 Å². The van der Waals surface area contributed by atoms with Gasteiger partial charge in [0.25, 0.3) is 5.91 Å². The average molecular weight is 432 g/mol. The number of carbonyl (C=O) groups is 1. The SMILES string of the molecule is Cc1cc(F)c(C(=O)Nc2cccc(-c3nncn3C(C)C)n2)cc1Oc1ccccn1. The van der Waals surface area contributed by atoms with E-state index in [4.69, 9.17) is 4.74 Å². The molecule has 0 fully saturated rings. The van der Waals surface area contributed by atoms with Crippen molar-refractivity contribution in [1.29, 1.82) is 0 Å². The highest BCUT2D eigenvalue weighted by molar-refractivity contribution is 6.04. The number of aryl methyl sites for hydroxylation is 1. The topological polar surface area (TPSA) is 94.8 Å². The van der Waals surface area contributed by atoms with Crippen molar-refractivity contribution in [2.75, 3.05) is 5.32 Å². The number of nitrogens with zero attached hydrogens (tertiary/aromatic N) is 5. The Morgan fingerprint density at radius 2 is 2.00 bits per heavy atom. The number of ether oxygens (including phenoxy) is 1. The third kappa shape index (κ3) is 4.46. The van der Waals surface area contributed by atoms with E-state index in [1.54, 1.807) is 55.8 Å². The van der Waals surface area contributed by atoms with Gasteiger partial charge in [-0.2, -0.15) is 0 Å². The molecule has 1 N–H and O–H groups in total. The molecule has 8 nitrogen and oxygen atoms in total. The molecular weight excluding hydrogens is 411 g/mol. The first kappa shape index (κ1) is 21.1. The zero-order valence-corrected chi connectivity index (χ0v) is 17.8. The Labute approximate surface area is 184 Å². The van der Waals surface area contributed by atoms with Crippen LogP contribution in [-0.4, -0.2) is 30.6 Å². The Kier molecular flexibility index (Phi) is 5.89. The third-order valence-electron chi connectivity index (χ3n) is 4.71. The van der Waals surface area contributed by atoms with Gasteiger partial charge < -0.3 is 14.6 Å². The number of hydrogen-bond acceptors (Lipinski definition) is 6. The Balaban J connectivity index is 1.59. The lowest BCUT2D eigenvalue weighted by atomic mass is 10.1. The minimum atomic E-state index is -0.663. The molecule has 0 atom stereocenters. The summed E-state index contributed by atoms with van der Waals surface area (Å²) < 4.78 is 22.2. The smallest absolute Gasteiger partial charge is 0.259 e. The van der Waals surface area contributed by atoms with Gasteiger partial charge in [0.2, 0.25) is 5.88 Å². The van der Waals surface area contributed by atoms with Gasteiger partial charge in [0.05, 0.1) is 5.56 Å². The first-order valence-electron chi connectivity index (χ1n) is 9.99. The normalized spacial score (nSPS) is 10.9. The summed E-state index contributed by atoms with van der Waals surface area (Å²) >= 11 is 0. The average Bonchev–Trinajstić information content (AvgIpc) is 3.27. The largest absolute Gasteiger partial charge is 0.439 e. The Hall–Kier alpha value is -4.14. The summed E-state index contributed by atoms with van der Waals surface area (Å²) in [6.45, 7) is 5.70. The molecule has 0 aliphatic heterocycles. The molecule has 162 valence electrons. The molecule has 0 unspecified atom stereocenters. The first-order chi connectivity index (χ1) is 15.4. The predicted octanol–water partition coefficient (Wildman–Crippen LogP) is 4.81. The molecule has 32 heavy (non-hydrogen) atoms. The van der Waals surface area contributed by atoms with E-state index in [-0.39, 0.29) is 17.4 Å². The predicted molar refractivity (Wildman–Crippen MR) is 117 cm³/mol. The molecule has 0 aliphatic rings. The number of carbonyl (C=O) groups excluding carboxylic acids is 1. The number of anilines is 1. The van der Waals surface area contributed by atoms with E-state index in [1.807, 2.05) is 18.4 Å². The van der Waals surface area contributed by atoms with Gasteiger partial charge >= 0.3 is 0 Å². The maximum atomic E-state index is 14.6. The van der Waals surface area contributed by atoms with Crippen molar-refractivity contribution in [2.45, 2.75) is 26.8 Å². The van der Waals surface area contributed by atoms with Crippen molar-refractivity contribution in [3.63, 3.8) is 0 Å². The number of pyridine rings is 2. The number of halogens is 1. The van der Waals surface area contributed by atoms with Crippen LogP contribution in [0.3, 0.4) is 0 Å². The highest BCUT2D eigenvalue weighted by atomic mass is 19.1. The molecule has 0 saturated heterocycles. The zero-order chi connectivity index (χ0) is 22.7. The van der Waals surface area contributed by atoms with Gasteiger partial charge in [-0.3, -0.25) is 4.79 Å². The summed E-state index contributed by atoms with van der Waals surface area (Å²) in [6, 6.07) is 13.1. The third-order valence-corrected chi connectivity index (χ3v) is 4.71. The molecule has 0 radical (unpaired) electrons. The van der Waals surface area contributed by atoms with Crippen LogP contribution in [0.4, 0.5) is 10.2 Å². The van der Waals surface area contributed by atoms with E-state index >= 15 is 0 Å². The van der Waals surface area contributed by atoms with Crippen molar-refractivity contribution < 1.29 is 13.9 Å². The van der Waals surface area contributed by atoms with Crippen LogP contribution in [0, 0.1) is 12.7 Å². The van der Waals surface area contributed by atoms with E-state index in [9.17, 15) is 9.18 Å². The van der Waals surface area contributed by atoms with Crippen LogP contribution in [0.2, 0.25) is 0 Å². The van der Waals surface area contributed by atoms with Gasteiger partial charge in [-0.05, 0) is 56.7 Å². The van der Waals surface area contributed by atoms with Gasteiger partial charge in [-0.1, -0.05) is 12.1 Å². The number of amides is 1. The first-order valence-corrected chi connectivity index (χ1v) is 9.99. The van der Waals surface area contributed by atoms with Gasteiger partial charge in [-0.15, -0.1) is 10.2 Å². The molecule has 3 heterocycles.